The Morgan fingerprint density at radius 2 is 2.14 bits per heavy atom. The monoisotopic (exact) mass is 322 g/mol. The molecule has 0 heterocycles. The van der Waals surface area contributed by atoms with Crippen LogP contribution in [0.2, 0.25) is 5.02 Å². The van der Waals surface area contributed by atoms with Gasteiger partial charge in [-0.1, -0.05) is 18.5 Å². The normalized spacial score (nSPS) is 40.0. The molecule has 0 saturated heterocycles. The van der Waals surface area contributed by atoms with Gasteiger partial charge in [-0.15, -0.1) is 0 Å². The number of rotatable bonds is 0. The topological polar surface area (TPSA) is 37.3 Å². The van der Waals surface area contributed by atoms with Gasteiger partial charge in [-0.25, -0.2) is 4.39 Å². The lowest BCUT2D eigenvalue weighted by atomic mass is 9.55. The third-order valence-corrected chi connectivity index (χ3v) is 6.79. The largest absolute Gasteiger partial charge is 0.506 e. The highest BCUT2D eigenvalue weighted by Gasteiger charge is 2.58. The molecule has 4 rings (SSSR count). The minimum Gasteiger partial charge on any atom is -0.506 e. The van der Waals surface area contributed by atoms with Crippen LogP contribution in [0.4, 0.5) is 4.39 Å². The number of fused-ring (bicyclic) bond motifs is 5. The number of halogens is 2. The SMILES string of the molecule is C[C@]12CCC3c4cc(Cl)c(O)cc4CCC3C1C[C@@H](F)C2=O. The van der Waals surface area contributed by atoms with Gasteiger partial charge in [-0.3, -0.25) is 4.79 Å². The Balaban J connectivity index is 1.74. The number of aromatic hydroxyl groups is 1. The number of hydrogen-bond acceptors (Lipinski definition) is 2. The van der Waals surface area contributed by atoms with Gasteiger partial charge in [0.2, 0.25) is 0 Å². The van der Waals surface area contributed by atoms with Crippen LogP contribution in [0, 0.1) is 17.3 Å². The molecule has 3 aliphatic rings. The molecular formula is C18H20ClFO2. The highest BCUT2D eigenvalue weighted by Crippen LogP contribution is 2.60. The summed E-state index contributed by atoms with van der Waals surface area (Å²) in [6.07, 6.45) is 2.62. The molecule has 2 saturated carbocycles. The maximum atomic E-state index is 14.0. The van der Waals surface area contributed by atoms with Crippen LogP contribution in [0.3, 0.4) is 0 Å². The summed E-state index contributed by atoms with van der Waals surface area (Å²) in [5, 5.41) is 10.2. The molecule has 0 aromatic heterocycles. The Hall–Kier alpha value is -1.09. The molecule has 22 heavy (non-hydrogen) atoms. The lowest BCUT2D eigenvalue weighted by molar-refractivity contribution is -0.132. The number of carbonyl (C=O) groups is 1. The maximum Gasteiger partial charge on any atom is 0.173 e. The molecule has 0 spiro atoms. The second kappa shape index (κ2) is 4.70. The van der Waals surface area contributed by atoms with Gasteiger partial charge in [0.1, 0.15) is 5.75 Å². The number of alkyl halides is 1. The van der Waals surface area contributed by atoms with Gasteiger partial charge in [0.25, 0.3) is 0 Å². The molecule has 0 amide bonds. The minimum atomic E-state index is -1.28. The average molecular weight is 323 g/mol. The van der Waals surface area contributed by atoms with Crippen LogP contribution in [0.15, 0.2) is 12.1 Å². The highest BCUT2D eigenvalue weighted by atomic mass is 35.5. The Bertz CT molecular complexity index is 659. The lowest BCUT2D eigenvalue weighted by Gasteiger charge is -2.48. The summed E-state index contributed by atoms with van der Waals surface area (Å²) in [6, 6.07) is 3.66. The quantitative estimate of drug-likeness (QED) is 0.767. The van der Waals surface area contributed by atoms with Crippen molar-refractivity contribution < 1.29 is 14.3 Å². The number of hydrogen-bond donors (Lipinski definition) is 1. The van der Waals surface area contributed by atoms with Gasteiger partial charge in [0.15, 0.2) is 12.0 Å². The second-order valence-corrected chi connectivity index (χ2v) is 7.85. The number of Topliss-reactive ketones (excluding diaryl/α,β-unsaturated/α-hetero) is 1. The highest BCUT2D eigenvalue weighted by molar-refractivity contribution is 6.32. The van der Waals surface area contributed by atoms with Gasteiger partial charge < -0.3 is 5.11 Å². The first-order chi connectivity index (χ1) is 10.4. The van der Waals surface area contributed by atoms with Crippen molar-refractivity contribution in [1.29, 1.82) is 0 Å². The number of ketones is 1. The van der Waals surface area contributed by atoms with Gasteiger partial charge >= 0.3 is 0 Å². The van der Waals surface area contributed by atoms with E-state index in [-0.39, 0.29) is 17.5 Å². The van der Waals surface area contributed by atoms with E-state index in [1.54, 1.807) is 6.07 Å². The van der Waals surface area contributed by atoms with Crippen molar-refractivity contribution >= 4 is 17.4 Å². The Labute approximate surface area is 134 Å². The van der Waals surface area contributed by atoms with Crippen LogP contribution in [-0.2, 0) is 11.2 Å². The van der Waals surface area contributed by atoms with Gasteiger partial charge in [-0.05, 0) is 73.1 Å². The van der Waals surface area contributed by atoms with Gasteiger partial charge in [-0.2, -0.15) is 0 Å². The van der Waals surface area contributed by atoms with Crippen LogP contribution in [0.1, 0.15) is 49.7 Å². The fourth-order valence-corrected chi connectivity index (χ4v) is 5.50. The third kappa shape index (κ3) is 1.81. The van der Waals surface area contributed by atoms with E-state index in [0.717, 1.165) is 31.2 Å². The van der Waals surface area contributed by atoms with Gasteiger partial charge in [0, 0.05) is 5.41 Å². The zero-order chi connectivity index (χ0) is 15.6. The lowest BCUT2D eigenvalue weighted by Crippen LogP contribution is -2.42. The van der Waals surface area contributed by atoms with E-state index in [2.05, 4.69) is 0 Å². The standard InChI is InChI=1S/C18H20ClFO2/c1-18-5-4-10-11(13(18)8-15(20)17(18)22)3-2-9-6-16(21)14(19)7-12(9)10/h6-7,10-11,13,15,21H,2-5,8H2,1H3/t10?,11?,13?,15-,18+/m1/s1. The van der Waals surface area contributed by atoms with E-state index in [0.29, 0.717) is 23.3 Å². The molecule has 3 unspecified atom stereocenters. The van der Waals surface area contributed by atoms with Crippen molar-refractivity contribution in [2.45, 2.75) is 51.1 Å². The van der Waals surface area contributed by atoms with Crippen LogP contribution < -0.4 is 0 Å². The summed E-state index contributed by atoms with van der Waals surface area (Å²) >= 11 is 6.10. The van der Waals surface area contributed by atoms with Crippen molar-refractivity contribution in [3.63, 3.8) is 0 Å². The number of carbonyl (C=O) groups excluding carboxylic acids is 1. The van der Waals surface area contributed by atoms with Crippen LogP contribution in [-0.4, -0.2) is 17.1 Å². The molecule has 118 valence electrons. The molecule has 0 aliphatic heterocycles. The maximum absolute atomic E-state index is 14.0. The molecule has 2 fully saturated rings. The van der Waals surface area contributed by atoms with E-state index in [4.69, 9.17) is 11.6 Å². The summed E-state index contributed by atoms with van der Waals surface area (Å²) < 4.78 is 14.0. The minimum absolute atomic E-state index is 0.138. The molecule has 1 N–H and O–H groups in total. The zero-order valence-corrected chi connectivity index (χ0v) is 13.4. The van der Waals surface area contributed by atoms with E-state index in [1.807, 2.05) is 13.0 Å². The molecule has 5 atom stereocenters. The molecule has 4 heteroatoms. The van der Waals surface area contributed by atoms with Crippen molar-refractivity contribution in [1.82, 2.24) is 0 Å². The van der Waals surface area contributed by atoms with Crippen LogP contribution in [0.5, 0.6) is 5.75 Å². The fraction of sp³-hybridized carbons (Fsp3) is 0.611. The van der Waals surface area contributed by atoms with Gasteiger partial charge in [0.05, 0.1) is 5.02 Å². The van der Waals surface area contributed by atoms with E-state index in [9.17, 15) is 14.3 Å². The molecule has 0 radical (unpaired) electrons. The summed E-state index contributed by atoms with van der Waals surface area (Å²) in [5.74, 6) is 0.814. The Morgan fingerprint density at radius 3 is 2.91 bits per heavy atom. The van der Waals surface area contributed by atoms with Crippen molar-refractivity contribution in [2.24, 2.45) is 17.3 Å². The first kappa shape index (κ1) is 14.5. The predicted molar refractivity (Wildman–Crippen MR) is 83.0 cm³/mol. The number of phenolic OH excluding ortho intramolecular Hbond substituents is 1. The first-order valence-corrected chi connectivity index (χ1v) is 8.49. The number of benzene rings is 1. The summed E-state index contributed by atoms with van der Waals surface area (Å²) in [5.41, 5.74) is 1.89. The Morgan fingerprint density at radius 1 is 1.36 bits per heavy atom. The molecule has 2 nitrogen and oxygen atoms in total. The molecule has 3 aliphatic carbocycles. The first-order valence-electron chi connectivity index (χ1n) is 8.11. The second-order valence-electron chi connectivity index (χ2n) is 7.44. The van der Waals surface area contributed by atoms with E-state index >= 15 is 0 Å². The summed E-state index contributed by atoms with van der Waals surface area (Å²) in [7, 11) is 0. The smallest absolute Gasteiger partial charge is 0.173 e. The third-order valence-electron chi connectivity index (χ3n) is 6.49. The number of phenols is 1. The molecule has 1 aromatic carbocycles. The van der Waals surface area contributed by atoms with Crippen molar-refractivity contribution in [2.75, 3.05) is 0 Å². The van der Waals surface area contributed by atoms with Crippen LogP contribution >= 0.6 is 11.6 Å². The molecule has 1 aromatic rings. The van der Waals surface area contributed by atoms with Crippen molar-refractivity contribution in [3.8, 4) is 5.75 Å². The van der Waals surface area contributed by atoms with E-state index in [1.165, 1.54) is 5.56 Å². The molecule has 0 bridgehead atoms. The average Bonchev–Trinajstić information content (AvgIpc) is 2.72. The summed E-state index contributed by atoms with van der Waals surface area (Å²) in [6.45, 7) is 1.97. The van der Waals surface area contributed by atoms with Crippen LogP contribution in [0.25, 0.3) is 0 Å². The predicted octanol–water partition coefficient (Wildman–Crippen LogP) is 4.42. The zero-order valence-electron chi connectivity index (χ0n) is 12.6. The Kier molecular flexibility index (Phi) is 3.10. The summed E-state index contributed by atoms with van der Waals surface area (Å²) in [4.78, 5) is 12.3. The fourth-order valence-electron chi connectivity index (χ4n) is 5.33. The van der Waals surface area contributed by atoms with Crippen molar-refractivity contribution in [3.05, 3.63) is 28.3 Å². The van der Waals surface area contributed by atoms with E-state index < -0.39 is 11.6 Å². The number of aryl methyl sites for hydroxylation is 1. The molecular weight excluding hydrogens is 303 g/mol.